The Labute approximate surface area is 196 Å². The molecule has 1 unspecified atom stereocenters. The Hall–Kier alpha value is -3.58. The Morgan fingerprint density at radius 2 is 1.73 bits per heavy atom. The average Bonchev–Trinajstić information content (AvgIpc) is 3.38. The number of Topliss-reactive ketones (excluding diaryl/α,β-unsaturated/α-hetero) is 1. The number of hydrogen-bond donors (Lipinski definition) is 2. The maximum absolute atomic E-state index is 13.3. The lowest BCUT2D eigenvalue weighted by Gasteiger charge is -2.29. The molecule has 2 aromatic carbocycles. The van der Waals surface area contributed by atoms with Gasteiger partial charge in [0.2, 0.25) is 5.78 Å². The summed E-state index contributed by atoms with van der Waals surface area (Å²) in [6.45, 7) is 5.95. The van der Waals surface area contributed by atoms with Crippen molar-refractivity contribution in [2.45, 2.75) is 39.0 Å². The van der Waals surface area contributed by atoms with E-state index in [1.54, 1.807) is 29.6 Å². The molecule has 0 aliphatic carbocycles. The van der Waals surface area contributed by atoms with E-state index in [9.17, 15) is 19.8 Å². The van der Waals surface area contributed by atoms with E-state index in [1.807, 2.05) is 45.0 Å². The zero-order chi connectivity index (χ0) is 23.8. The van der Waals surface area contributed by atoms with Gasteiger partial charge in [0, 0.05) is 5.56 Å². The molecule has 2 heterocycles. The topological polar surface area (TPSA) is 87.1 Å². The van der Waals surface area contributed by atoms with Crippen molar-refractivity contribution in [3.63, 3.8) is 0 Å². The quantitative estimate of drug-likeness (QED) is 0.478. The molecule has 1 atom stereocenters. The fraction of sp³-hybridized carbons (Fsp3) is 0.231. The molecule has 3 aromatic rings. The number of aromatic hydroxyl groups is 1. The van der Waals surface area contributed by atoms with Gasteiger partial charge >= 0.3 is 0 Å². The molecule has 2 N–H and O–H groups in total. The summed E-state index contributed by atoms with van der Waals surface area (Å²) in [4.78, 5) is 28.4. The summed E-state index contributed by atoms with van der Waals surface area (Å²) in [6.07, 6.45) is 0. The Bertz CT molecular complexity index is 1210. The third-order valence-electron chi connectivity index (χ3n) is 5.23. The number of aliphatic hydroxyl groups is 1. The molecule has 1 aromatic heterocycles. The maximum Gasteiger partial charge on any atom is 0.290 e. The predicted molar refractivity (Wildman–Crippen MR) is 127 cm³/mol. The first-order valence-electron chi connectivity index (χ1n) is 10.5. The normalized spacial score (nSPS) is 16.4. The van der Waals surface area contributed by atoms with Crippen molar-refractivity contribution in [1.82, 2.24) is 4.90 Å². The lowest BCUT2D eigenvalue weighted by atomic mass is 9.95. The van der Waals surface area contributed by atoms with Crippen molar-refractivity contribution >= 4 is 23.0 Å². The lowest BCUT2D eigenvalue weighted by molar-refractivity contribution is -0.130. The number of aliphatic hydroxyl groups excluding tert-OH is 1. The standard InChI is InChI=1S/C26H25NO5S/c1-26(2,3)32-19-8-5-4-7-17(19)15-27-22(16-10-12-18(28)13-11-16)21(24(30)25(27)31)23(29)20-9-6-14-33-20/h4-14,22,28,30H,15H2,1-3H3. The van der Waals surface area contributed by atoms with Crippen LogP contribution in [-0.2, 0) is 11.3 Å². The second-order valence-corrected chi connectivity index (χ2v) is 9.77. The van der Waals surface area contributed by atoms with Crippen LogP contribution in [0.15, 0.2) is 77.4 Å². The highest BCUT2D eigenvalue weighted by Gasteiger charge is 2.44. The van der Waals surface area contributed by atoms with Crippen molar-refractivity contribution in [3.05, 3.63) is 93.4 Å². The number of carbonyl (C=O) groups is 2. The van der Waals surface area contributed by atoms with E-state index in [0.717, 1.165) is 5.56 Å². The molecule has 1 amide bonds. The molecule has 1 aliphatic rings. The molecule has 4 rings (SSSR count). The molecule has 0 radical (unpaired) electrons. The summed E-state index contributed by atoms with van der Waals surface area (Å²) in [5, 5.41) is 22.3. The highest BCUT2D eigenvalue weighted by molar-refractivity contribution is 7.12. The van der Waals surface area contributed by atoms with Crippen LogP contribution in [0.5, 0.6) is 11.5 Å². The van der Waals surface area contributed by atoms with Gasteiger partial charge in [0.05, 0.1) is 23.0 Å². The van der Waals surface area contributed by atoms with E-state index in [1.165, 1.54) is 28.4 Å². The highest BCUT2D eigenvalue weighted by atomic mass is 32.1. The fourth-order valence-corrected chi connectivity index (χ4v) is 4.52. The van der Waals surface area contributed by atoms with Gasteiger partial charge in [0.15, 0.2) is 5.76 Å². The number of para-hydroxylation sites is 1. The molecule has 33 heavy (non-hydrogen) atoms. The van der Waals surface area contributed by atoms with Gasteiger partial charge < -0.3 is 19.8 Å². The van der Waals surface area contributed by atoms with Crippen LogP contribution >= 0.6 is 11.3 Å². The second kappa shape index (κ2) is 8.75. The van der Waals surface area contributed by atoms with Crippen molar-refractivity contribution in [1.29, 1.82) is 0 Å². The SMILES string of the molecule is CC(C)(C)Oc1ccccc1CN1C(=O)C(O)=C(C(=O)c2cccs2)C1c1ccc(O)cc1. The number of nitrogens with zero attached hydrogens (tertiary/aromatic N) is 1. The van der Waals surface area contributed by atoms with E-state index in [0.29, 0.717) is 16.2 Å². The lowest BCUT2D eigenvalue weighted by Crippen LogP contribution is -2.31. The Morgan fingerprint density at radius 1 is 1.03 bits per heavy atom. The van der Waals surface area contributed by atoms with E-state index < -0.39 is 29.1 Å². The highest BCUT2D eigenvalue weighted by Crippen LogP contribution is 2.41. The number of benzene rings is 2. The molecule has 0 spiro atoms. The van der Waals surface area contributed by atoms with Crippen molar-refractivity contribution in [2.75, 3.05) is 0 Å². The van der Waals surface area contributed by atoms with Crippen molar-refractivity contribution in [3.8, 4) is 11.5 Å². The maximum atomic E-state index is 13.3. The smallest absolute Gasteiger partial charge is 0.290 e. The fourth-order valence-electron chi connectivity index (χ4n) is 3.84. The molecule has 7 heteroatoms. The summed E-state index contributed by atoms with van der Waals surface area (Å²) in [6, 6.07) is 16.3. The van der Waals surface area contributed by atoms with E-state index in [-0.39, 0.29) is 17.9 Å². The number of hydrogen-bond acceptors (Lipinski definition) is 6. The zero-order valence-electron chi connectivity index (χ0n) is 18.6. The van der Waals surface area contributed by atoms with Crippen LogP contribution in [0.25, 0.3) is 0 Å². The predicted octanol–water partition coefficient (Wildman–Crippen LogP) is 5.41. The van der Waals surface area contributed by atoms with Gasteiger partial charge in [-0.05, 0) is 56.0 Å². The first kappa shape index (κ1) is 22.6. The third kappa shape index (κ3) is 4.64. The summed E-state index contributed by atoms with van der Waals surface area (Å²) in [5.41, 5.74) is 0.950. The van der Waals surface area contributed by atoms with E-state index >= 15 is 0 Å². The first-order chi connectivity index (χ1) is 15.7. The van der Waals surface area contributed by atoms with E-state index in [2.05, 4.69) is 0 Å². The summed E-state index contributed by atoms with van der Waals surface area (Å²) >= 11 is 1.25. The van der Waals surface area contributed by atoms with Crippen molar-refractivity contribution < 1.29 is 24.5 Å². The number of amides is 1. The number of rotatable bonds is 6. The van der Waals surface area contributed by atoms with Gasteiger partial charge in [0.1, 0.15) is 17.1 Å². The molecular weight excluding hydrogens is 438 g/mol. The molecule has 0 saturated heterocycles. The molecular formula is C26H25NO5S. The van der Waals surface area contributed by atoms with Crippen LogP contribution in [-0.4, -0.2) is 32.4 Å². The number of phenolic OH excluding ortho intramolecular Hbond substituents is 1. The van der Waals surface area contributed by atoms with Gasteiger partial charge in [-0.2, -0.15) is 0 Å². The van der Waals surface area contributed by atoms with Crippen LogP contribution in [0.2, 0.25) is 0 Å². The minimum atomic E-state index is -0.810. The molecule has 0 fully saturated rings. The number of ether oxygens (including phenoxy) is 1. The molecule has 170 valence electrons. The van der Waals surface area contributed by atoms with Crippen LogP contribution in [0, 0.1) is 0 Å². The Morgan fingerprint density at radius 3 is 2.36 bits per heavy atom. The molecule has 1 aliphatic heterocycles. The molecule has 6 nitrogen and oxygen atoms in total. The number of carbonyl (C=O) groups excluding carboxylic acids is 2. The second-order valence-electron chi connectivity index (χ2n) is 8.82. The monoisotopic (exact) mass is 463 g/mol. The van der Waals surface area contributed by atoms with Gasteiger partial charge in [-0.15, -0.1) is 11.3 Å². The van der Waals surface area contributed by atoms with Crippen LogP contribution in [0.4, 0.5) is 0 Å². The Balaban J connectivity index is 1.78. The van der Waals surface area contributed by atoms with Crippen LogP contribution in [0.1, 0.15) is 47.6 Å². The summed E-state index contributed by atoms with van der Waals surface area (Å²) in [7, 11) is 0. The van der Waals surface area contributed by atoms with Gasteiger partial charge in [-0.25, -0.2) is 0 Å². The largest absolute Gasteiger partial charge is 0.508 e. The summed E-state index contributed by atoms with van der Waals surface area (Å²) < 4.78 is 6.08. The first-order valence-corrected chi connectivity index (χ1v) is 11.4. The molecule has 0 saturated carbocycles. The van der Waals surface area contributed by atoms with Crippen LogP contribution in [0.3, 0.4) is 0 Å². The van der Waals surface area contributed by atoms with Gasteiger partial charge in [-0.1, -0.05) is 36.4 Å². The molecule has 0 bridgehead atoms. The minimum absolute atomic E-state index is 0.0300. The number of phenols is 1. The van der Waals surface area contributed by atoms with Gasteiger partial charge in [0.25, 0.3) is 5.91 Å². The Kier molecular flexibility index (Phi) is 5.99. The number of ketones is 1. The number of thiophene rings is 1. The zero-order valence-corrected chi connectivity index (χ0v) is 19.4. The van der Waals surface area contributed by atoms with Crippen molar-refractivity contribution in [2.24, 2.45) is 0 Å². The third-order valence-corrected chi connectivity index (χ3v) is 6.10. The average molecular weight is 464 g/mol. The van der Waals surface area contributed by atoms with Gasteiger partial charge in [-0.3, -0.25) is 9.59 Å². The minimum Gasteiger partial charge on any atom is -0.508 e. The van der Waals surface area contributed by atoms with E-state index in [4.69, 9.17) is 4.74 Å². The van der Waals surface area contributed by atoms with Crippen LogP contribution < -0.4 is 4.74 Å². The summed E-state index contributed by atoms with van der Waals surface area (Å²) in [5.74, 6) is -0.882.